The Bertz CT molecular complexity index is 1240. The SMILES string of the molecule is Cc1ccc(-c2nc(CSc3nnc(SCc4noc(-c5ccc(C)cc5)n4)s3)no2)cc1. The zero-order valence-corrected chi connectivity index (χ0v) is 20.2. The molecule has 0 bridgehead atoms. The fourth-order valence-corrected chi connectivity index (χ4v) is 5.52. The molecular formula is C22H18N6O2S3. The summed E-state index contributed by atoms with van der Waals surface area (Å²) in [5.74, 6) is 3.39. The van der Waals surface area contributed by atoms with Gasteiger partial charge in [-0.1, -0.05) is 80.6 Å². The van der Waals surface area contributed by atoms with Crippen LogP contribution in [0.25, 0.3) is 22.9 Å². The summed E-state index contributed by atoms with van der Waals surface area (Å²) < 4.78 is 12.4. The van der Waals surface area contributed by atoms with Gasteiger partial charge in [0, 0.05) is 11.1 Å². The Morgan fingerprint density at radius 3 is 1.52 bits per heavy atom. The van der Waals surface area contributed by atoms with Crippen LogP contribution in [0.2, 0.25) is 0 Å². The van der Waals surface area contributed by atoms with Crippen LogP contribution in [0, 0.1) is 13.8 Å². The van der Waals surface area contributed by atoms with Crippen molar-refractivity contribution in [1.29, 1.82) is 0 Å². The van der Waals surface area contributed by atoms with E-state index in [0.29, 0.717) is 34.9 Å². The molecule has 0 saturated heterocycles. The van der Waals surface area contributed by atoms with Crippen LogP contribution in [-0.4, -0.2) is 30.5 Å². The summed E-state index contributed by atoms with van der Waals surface area (Å²) in [4.78, 5) is 8.93. The summed E-state index contributed by atoms with van der Waals surface area (Å²) in [5.41, 5.74) is 4.19. The van der Waals surface area contributed by atoms with Gasteiger partial charge in [-0.25, -0.2) is 0 Å². The van der Waals surface area contributed by atoms with Gasteiger partial charge in [-0.05, 0) is 38.1 Å². The van der Waals surface area contributed by atoms with Crippen LogP contribution in [0.3, 0.4) is 0 Å². The van der Waals surface area contributed by atoms with Gasteiger partial charge in [0.1, 0.15) is 0 Å². The summed E-state index contributed by atoms with van der Waals surface area (Å²) in [5, 5.41) is 16.6. The van der Waals surface area contributed by atoms with E-state index in [9.17, 15) is 0 Å². The van der Waals surface area contributed by atoms with Crippen molar-refractivity contribution in [2.75, 3.05) is 0 Å². The highest BCUT2D eigenvalue weighted by molar-refractivity contribution is 8.02. The lowest BCUT2D eigenvalue weighted by Crippen LogP contribution is -1.84. The molecule has 5 aromatic rings. The number of thioether (sulfide) groups is 2. The largest absolute Gasteiger partial charge is 0.334 e. The Morgan fingerprint density at radius 2 is 1.09 bits per heavy atom. The molecule has 166 valence electrons. The number of aromatic nitrogens is 6. The van der Waals surface area contributed by atoms with Gasteiger partial charge in [-0.15, -0.1) is 10.2 Å². The molecule has 0 radical (unpaired) electrons. The van der Waals surface area contributed by atoms with Crippen molar-refractivity contribution < 1.29 is 9.05 Å². The molecule has 8 nitrogen and oxygen atoms in total. The Kier molecular flexibility index (Phi) is 6.51. The fraction of sp³-hybridized carbons (Fsp3) is 0.182. The fourth-order valence-electron chi connectivity index (χ4n) is 2.82. The van der Waals surface area contributed by atoms with Crippen molar-refractivity contribution in [1.82, 2.24) is 30.5 Å². The van der Waals surface area contributed by atoms with Crippen molar-refractivity contribution in [3.63, 3.8) is 0 Å². The molecule has 0 spiro atoms. The van der Waals surface area contributed by atoms with Crippen LogP contribution < -0.4 is 0 Å². The van der Waals surface area contributed by atoms with Gasteiger partial charge >= 0.3 is 0 Å². The molecule has 33 heavy (non-hydrogen) atoms. The van der Waals surface area contributed by atoms with Crippen molar-refractivity contribution in [2.45, 2.75) is 34.0 Å². The minimum Gasteiger partial charge on any atom is -0.334 e. The highest BCUT2D eigenvalue weighted by Gasteiger charge is 2.13. The van der Waals surface area contributed by atoms with Crippen LogP contribution in [0.15, 0.2) is 66.3 Å². The molecule has 11 heteroatoms. The Morgan fingerprint density at radius 1 is 0.667 bits per heavy atom. The highest BCUT2D eigenvalue weighted by Crippen LogP contribution is 2.32. The quantitative estimate of drug-likeness (QED) is 0.244. The summed E-state index contributed by atoms with van der Waals surface area (Å²) >= 11 is 4.56. The number of hydrogen-bond acceptors (Lipinski definition) is 11. The predicted octanol–water partition coefficient (Wildman–Crippen LogP) is 5.84. The number of rotatable bonds is 8. The molecular weight excluding hydrogens is 476 g/mol. The molecule has 3 aromatic heterocycles. The first-order valence-corrected chi connectivity index (χ1v) is 12.8. The Hall–Kier alpha value is -3.02. The van der Waals surface area contributed by atoms with Gasteiger partial charge in [0.25, 0.3) is 11.8 Å². The second kappa shape index (κ2) is 9.86. The minimum atomic E-state index is 0.518. The first-order valence-electron chi connectivity index (χ1n) is 10.0. The summed E-state index contributed by atoms with van der Waals surface area (Å²) in [6.07, 6.45) is 0. The number of benzene rings is 2. The predicted molar refractivity (Wildman–Crippen MR) is 128 cm³/mol. The third kappa shape index (κ3) is 5.49. The zero-order chi connectivity index (χ0) is 22.6. The molecule has 0 aliphatic heterocycles. The lowest BCUT2D eigenvalue weighted by atomic mass is 10.1. The first kappa shape index (κ1) is 21.8. The molecule has 0 N–H and O–H groups in total. The van der Waals surface area contributed by atoms with Gasteiger partial charge in [-0.3, -0.25) is 0 Å². The molecule has 0 saturated carbocycles. The smallest absolute Gasteiger partial charge is 0.257 e. The van der Waals surface area contributed by atoms with E-state index in [-0.39, 0.29) is 0 Å². The van der Waals surface area contributed by atoms with Crippen LogP contribution in [0.5, 0.6) is 0 Å². The van der Waals surface area contributed by atoms with E-state index in [0.717, 1.165) is 19.8 Å². The number of hydrogen-bond donors (Lipinski definition) is 0. The van der Waals surface area contributed by atoms with E-state index in [4.69, 9.17) is 9.05 Å². The van der Waals surface area contributed by atoms with E-state index < -0.39 is 0 Å². The lowest BCUT2D eigenvalue weighted by Gasteiger charge is -1.94. The van der Waals surface area contributed by atoms with Crippen LogP contribution >= 0.6 is 34.9 Å². The average Bonchev–Trinajstić information content (AvgIpc) is 3.58. The molecule has 0 unspecified atom stereocenters. The van der Waals surface area contributed by atoms with E-state index >= 15 is 0 Å². The van der Waals surface area contributed by atoms with E-state index in [1.807, 2.05) is 62.4 Å². The maximum atomic E-state index is 5.38. The molecule has 0 atom stereocenters. The summed E-state index contributed by atoms with van der Waals surface area (Å²) in [6.45, 7) is 4.08. The number of nitrogens with zero attached hydrogens (tertiary/aromatic N) is 6. The van der Waals surface area contributed by atoms with Gasteiger partial charge in [0.05, 0.1) is 11.5 Å². The topological polar surface area (TPSA) is 104 Å². The maximum absolute atomic E-state index is 5.38. The zero-order valence-electron chi connectivity index (χ0n) is 17.8. The van der Waals surface area contributed by atoms with Gasteiger partial charge in [0.15, 0.2) is 20.3 Å². The highest BCUT2D eigenvalue weighted by atomic mass is 32.2. The van der Waals surface area contributed by atoms with Crippen molar-refractivity contribution >= 4 is 34.9 Å². The van der Waals surface area contributed by atoms with Gasteiger partial charge < -0.3 is 9.05 Å². The summed E-state index contributed by atoms with van der Waals surface area (Å²) in [7, 11) is 0. The lowest BCUT2D eigenvalue weighted by molar-refractivity contribution is 0.425. The van der Waals surface area contributed by atoms with Crippen LogP contribution in [0.4, 0.5) is 0 Å². The maximum Gasteiger partial charge on any atom is 0.257 e. The second-order valence-electron chi connectivity index (χ2n) is 7.17. The normalized spacial score (nSPS) is 11.2. The molecule has 0 aliphatic carbocycles. The Balaban J connectivity index is 1.14. The molecule has 0 amide bonds. The van der Waals surface area contributed by atoms with Crippen molar-refractivity contribution in [3.05, 3.63) is 71.3 Å². The third-order valence-electron chi connectivity index (χ3n) is 4.57. The van der Waals surface area contributed by atoms with E-state index in [1.54, 1.807) is 0 Å². The van der Waals surface area contributed by atoms with Crippen molar-refractivity contribution in [3.8, 4) is 22.9 Å². The second-order valence-corrected chi connectivity index (χ2v) is 10.6. The van der Waals surface area contributed by atoms with Crippen molar-refractivity contribution in [2.24, 2.45) is 0 Å². The van der Waals surface area contributed by atoms with E-state index in [1.165, 1.54) is 46.0 Å². The molecule has 0 fully saturated rings. The third-order valence-corrected chi connectivity index (χ3v) is 7.75. The minimum absolute atomic E-state index is 0.518. The van der Waals surface area contributed by atoms with Gasteiger partial charge in [-0.2, -0.15) is 9.97 Å². The standard InChI is InChI=1S/C22H18N6O2S3/c1-13-3-7-15(8-4-13)19-23-17(27-29-19)11-31-21-25-26-22(33-21)32-12-18-24-20(30-28-18)16-9-5-14(2)6-10-16/h3-10H,11-12H2,1-2H3. The molecule has 0 aliphatic rings. The molecule has 2 aromatic carbocycles. The summed E-state index contributed by atoms with van der Waals surface area (Å²) in [6, 6.07) is 16.0. The average molecular weight is 495 g/mol. The van der Waals surface area contributed by atoms with Crippen LogP contribution in [-0.2, 0) is 11.5 Å². The molecule has 5 rings (SSSR count). The van der Waals surface area contributed by atoms with E-state index in [2.05, 4.69) is 30.5 Å². The van der Waals surface area contributed by atoms with Gasteiger partial charge in [0.2, 0.25) is 0 Å². The monoisotopic (exact) mass is 494 g/mol. The van der Waals surface area contributed by atoms with Crippen LogP contribution in [0.1, 0.15) is 22.8 Å². The number of aryl methyl sites for hydroxylation is 2. The Labute approximate surface area is 202 Å². The molecule has 3 heterocycles. The first-order chi connectivity index (χ1) is 16.1.